The molecule has 3 aromatic heterocycles. The van der Waals surface area contributed by atoms with Gasteiger partial charge < -0.3 is 19.8 Å². The summed E-state index contributed by atoms with van der Waals surface area (Å²) in [6.07, 6.45) is 3.77. The van der Waals surface area contributed by atoms with Crippen molar-refractivity contribution in [2.45, 2.75) is 31.9 Å². The predicted molar refractivity (Wildman–Crippen MR) is 125 cm³/mol. The Morgan fingerprint density at radius 1 is 1.25 bits per heavy atom. The number of imidazole rings is 1. The molecular weight excluding hydrogens is 424 g/mol. The van der Waals surface area contributed by atoms with E-state index in [0.29, 0.717) is 18.7 Å². The highest BCUT2D eigenvalue weighted by molar-refractivity contribution is 7.15. The number of hydrogen-bond donors (Lipinski definition) is 2. The summed E-state index contributed by atoms with van der Waals surface area (Å²) < 4.78 is 7.99. The molecule has 0 saturated carbocycles. The molecule has 3 heterocycles. The van der Waals surface area contributed by atoms with Gasteiger partial charge in [-0.2, -0.15) is 0 Å². The molecule has 7 nitrogen and oxygen atoms in total. The first kappa shape index (κ1) is 20.4. The lowest BCUT2D eigenvalue weighted by atomic mass is 10.0. The van der Waals surface area contributed by atoms with Gasteiger partial charge in [-0.25, -0.2) is 9.97 Å². The Morgan fingerprint density at radius 2 is 2.09 bits per heavy atom. The third kappa shape index (κ3) is 3.68. The zero-order valence-electron chi connectivity index (χ0n) is 17.4. The van der Waals surface area contributed by atoms with E-state index in [0.717, 1.165) is 26.9 Å². The van der Waals surface area contributed by atoms with Crippen molar-refractivity contribution in [1.29, 1.82) is 0 Å². The van der Waals surface area contributed by atoms with E-state index in [2.05, 4.69) is 22.5 Å². The second-order valence-corrected chi connectivity index (χ2v) is 8.73. The summed E-state index contributed by atoms with van der Waals surface area (Å²) in [6.45, 7) is 1.73. The molecule has 0 aliphatic heterocycles. The lowest BCUT2D eigenvalue weighted by molar-refractivity contribution is 0.0994. The quantitative estimate of drug-likeness (QED) is 0.381. The van der Waals surface area contributed by atoms with Crippen molar-refractivity contribution >= 4 is 39.1 Å². The molecule has 0 fully saturated rings. The van der Waals surface area contributed by atoms with Crippen LogP contribution in [0.15, 0.2) is 64.8 Å². The topological polar surface area (TPSA) is 107 Å². The summed E-state index contributed by atoms with van der Waals surface area (Å²) in [5.41, 5.74) is 8.07. The molecule has 0 aliphatic rings. The third-order valence-electron chi connectivity index (χ3n) is 5.70. The van der Waals surface area contributed by atoms with Crippen molar-refractivity contribution in [3.63, 3.8) is 0 Å². The minimum Gasteiger partial charge on any atom is -0.435 e. The number of para-hydroxylation sites is 1. The lowest BCUT2D eigenvalue weighted by Crippen LogP contribution is -2.21. The largest absolute Gasteiger partial charge is 0.435 e. The van der Waals surface area contributed by atoms with E-state index in [-0.39, 0.29) is 11.7 Å². The number of thiophene rings is 1. The van der Waals surface area contributed by atoms with Gasteiger partial charge in [-0.1, -0.05) is 36.4 Å². The molecule has 0 unspecified atom stereocenters. The third-order valence-corrected chi connectivity index (χ3v) is 6.71. The number of rotatable bonds is 7. The molecule has 0 radical (unpaired) electrons. The van der Waals surface area contributed by atoms with Gasteiger partial charge in [-0.3, -0.25) is 4.79 Å². The number of aliphatic hydroxyl groups excluding tert-OH is 1. The number of oxazole rings is 1. The van der Waals surface area contributed by atoms with Crippen LogP contribution < -0.4 is 5.73 Å². The van der Waals surface area contributed by atoms with Gasteiger partial charge in [0.2, 0.25) is 5.89 Å². The van der Waals surface area contributed by atoms with Crippen molar-refractivity contribution in [1.82, 2.24) is 14.5 Å². The minimum atomic E-state index is -0.633. The summed E-state index contributed by atoms with van der Waals surface area (Å²) >= 11 is 1.62. The number of aliphatic hydroxyl groups is 1. The van der Waals surface area contributed by atoms with Crippen LogP contribution in [0.25, 0.3) is 32.6 Å². The minimum absolute atomic E-state index is 0.181. The highest BCUT2D eigenvalue weighted by Crippen LogP contribution is 2.36. The zero-order chi connectivity index (χ0) is 22.2. The van der Waals surface area contributed by atoms with Crippen LogP contribution in [0.5, 0.6) is 0 Å². The average Bonchev–Trinajstić information content (AvgIpc) is 3.51. The second kappa shape index (κ2) is 8.22. The van der Waals surface area contributed by atoms with Gasteiger partial charge >= 0.3 is 0 Å². The molecule has 162 valence electrons. The molecule has 3 N–H and O–H groups in total. The van der Waals surface area contributed by atoms with Crippen LogP contribution in [-0.4, -0.2) is 31.7 Å². The fourth-order valence-corrected chi connectivity index (χ4v) is 5.00. The fraction of sp³-hybridized carbons (Fsp3) is 0.208. The van der Waals surface area contributed by atoms with E-state index in [1.807, 2.05) is 30.3 Å². The van der Waals surface area contributed by atoms with Crippen LogP contribution in [0.1, 0.15) is 35.4 Å². The number of amides is 1. The number of carbonyl (C=O) groups is 1. The molecule has 0 saturated heterocycles. The van der Waals surface area contributed by atoms with Gasteiger partial charge in [0.1, 0.15) is 11.2 Å². The molecule has 0 aliphatic carbocycles. The Kier molecular flexibility index (Phi) is 5.24. The molecule has 2 aromatic carbocycles. The monoisotopic (exact) mass is 446 g/mol. The number of primary amides is 1. The Labute approximate surface area is 188 Å². The maximum atomic E-state index is 11.4. The summed E-state index contributed by atoms with van der Waals surface area (Å²) in [6, 6.07) is 13.9. The Hall–Kier alpha value is -3.49. The lowest BCUT2D eigenvalue weighted by Gasteiger charge is -2.21. The van der Waals surface area contributed by atoms with E-state index >= 15 is 0 Å². The first-order valence-electron chi connectivity index (χ1n) is 10.4. The Bertz CT molecular complexity index is 1420. The maximum Gasteiger partial charge on any atom is 0.268 e. The second-order valence-electron chi connectivity index (χ2n) is 7.85. The summed E-state index contributed by atoms with van der Waals surface area (Å²) in [7, 11) is 0. The smallest absolute Gasteiger partial charge is 0.268 e. The van der Waals surface area contributed by atoms with Crippen LogP contribution in [0.2, 0.25) is 0 Å². The Balaban J connectivity index is 1.44. The van der Waals surface area contributed by atoms with Crippen molar-refractivity contribution in [3.05, 3.63) is 71.6 Å². The Morgan fingerprint density at radius 3 is 2.88 bits per heavy atom. The molecule has 5 rings (SSSR count). The van der Waals surface area contributed by atoms with E-state index in [1.54, 1.807) is 29.0 Å². The fourth-order valence-electron chi connectivity index (χ4n) is 4.05. The zero-order valence-corrected chi connectivity index (χ0v) is 18.2. The van der Waals surface area contributed by atoms with E-state index in [4.69, 9.17) is 15.1 Å². The van der Waals surface area contributed by atoms with Gasteiger partial charge in [0.05, 0.1) is 23.4 Å². The standard InChI is InChI=1S/C24H22N4O3S/c1-14(29)20(28-11-19(23(25)30)26-13-28)10-9-15-6-4-8-18-21(15)31-24(27-18)22-17-7-3-2-5-16(17)12-32-22/h2-8,11-14,20,29H,9-10H2,1H3,(H2,25,30)/t14-,20+/m0/s1. The molecule has 5 aromatic rings. The van der Waals surface area contributed by atoms with Gasteiger partial charge in [0.15, 0.2) is 5.58 Å². The van der Waals surface area contributed by atoms with E-state index < -0.39 is 12.0 Å². The average molecular weight is 447 g/mol. The molecule has 0 bridgehead atoms. The number of benzene rings is 2. The van der Waals surface area contributed by atoms with Crippen LogP contribution in [0.4, 0.5) is 0 Å². The molecule has 1 amide bonds. The van der Waals surface area contributed by atoms with E-state index in [1.165, 1.54) is 11.7 Å². The van der Waals surface area contributed by atoms with Crippen LogP contribution >= 0.6 is 11.3 Å². The summed E-state index contributed by atoms with van der Waals surface area (Å²) in [5.74, 6) is 0.0274. The maximum absolute atomic E-state index is 11.4. The van der Waals surface area contributed by atoms with Gasteiger partial charge in [0, 0.05) is 11.6 Å². The first-order chi connectivity index (χ1) is 15.5. The van der Waals surface area contributed by atoms with Crippen molar-refractivity contribution in [2.75, 3.05) is 0 Å². The highest BCUT2D eigenvalue weighted by atomic mass is 32.1. The van der Waals surface area contributed by atoms with E-state index in [9.17, 15) is 9.90 Å². The van der Waals surface area contributed by atoms with Gasteiger partial charge in [-0.05, 0) is 42.2 Å². The highest BCUT2D eigenvalue weighted by Gasteiger charge is 2.21. The number of aromatic nitrogens is 3. The summed E-state index contributed by atoms with van der Waals surface area (Å²) in [4.78, 5) is 21.2. The van der Waals surface area contributed by atoms with Crippen LogP contribution in [0, 0.1) is 0 Å². The SMILES string of the molecule is C[C@H](O)[C@@H](CCc1cccc2nc(-c3scc4ccccc34)oc12)n1cnc(C(N)=O)c1. The molecule has 32 heavy (non-hydrogen) atoms. The van der Waals surface area contributed by atoms with Gasteiger partial charge in [-0.15, -0.1) is 11.3 Å². The summed E-state index contributed by atoms with van der Waals surface area (Å²) in [5, 5.41) is 14.7. The first-order valence-corrected chi connectivity index (χ1v) is 11.3. The molecule has 2 atom stereocenters. The molecular formula is C24H22N4O3S. The predicted octanol–water partition coefficient (Wildman–Crippen LogP) is 4.56. The molecule has 0 spiro atoms. The molecule has 8 heteroatoms. The van der Waals surface area contributed by atoms with Gasteiger partial charge in [0.25, 0.3) is 5.91 Å². The number of aryl methyl sites for hydroxylation is 1. The number of fused-ring (bicyclic) bond motifs is 2. The van der Waals surface area contributed by atoms with Crippen LogP contribution in [-0.2, 0) is 6.42 Å². The normalized spacial score (nSPS) is 13.6. The number of nitrogens with zero attached hydrogens (tertiary/aromatic N) is 3. The van der Waals surface area contributed by atoms with Crippen LogP contribution in [0.3, 0.4) is 0 Å². The number of carbonyl (C=O) groups excluding carboxylic acids is 1. The number of nitrogens with two attached hydrogens (primary N) is 1. The van der Waals surface area contributed by atoms with Crippen molar-refractivity contribution in [2.24, 2.45) is 5.73 Å². The van der Waals surface area contributed by atoms with Crippen molar-refractivity contribution < 1.29 is 14.3 Å². The number of hydrogen-bond acceptors (Lipinski definition) is 6. The van der Waals surface area contributed by atoms with Crippen molar-refractivity contribution in [3.8, 4) is 10.8 Å².